The molecule has 1 aromatic heterocycles. The van der Waals surface area contributed by atoms with Crippen LogP contribution in [0.1, 0.15) is 10.5 Å². The Kier molecular flexibility index (Phi) is 3.22. The van der Waals surface area contributed by atoms with Crippen LogP contribution in [-0.4, -0.2) is 28.7 Å². The fourth-order valence-electron chi connectivity index (χ4n) is 1.63. The fraction of sp³-hybridized carbons (Fsp3) is 0.273. The van der Waals surface area contributed by atoms with Crippen LogP contribution in [0.15, 0.2) is 24.3 Å². The molecular formula is C11H11ClN2O2. The number of halogens is 1. The lowest BCUT2D eigenvalue weighted by molar-refractivity contribution is 0.107. The maximum absolute atomic E-state index is 11.4. The van der Waals surface area contributed by atoms with E-state index in [1.54, 1.807) is 11.8 Å². The standard InChI is InChI=1S/C11H11ClN2O2/c1-16-7-6-14-10(11(12)15)8-4-2-3-5-9(8)13-14/h2-5H,6-7H2,1H3. The van der Waals surface area contributed by atoms with Gasteiger partial charge in [0.2, 0.25) is 0 Å². The summed E-state index contributed by atoms with van der Waals surface area (Å²) in [4.78, 5) is 11.4. The van der Waals surface area contributed by atoms with Crippen molar-refractivity contribution in [1.29, 1.82) is 0 Å². The Bertz CT molecular complexity index is 522. The molecule has 0 atom stereocenters. The van der Waals surface area contributed by atoms with E-state index in [1.807, 2.05) is 24.3 Å². The molecule has 1 aromatic carbocycles. The molecule has 0 aliphatic rings. The average Bonchev–Trinajstić information content (AvgIpc) is 2.64. The van der Waals surface area contributed by atoms with Gasteiger partial charge in [0.15, 0.2) is 0 Å². The largest absolute Gasteiger partial charge is 0.383 e. The topological polar surface area (TPSA) is 44.1 Å². The minimum Gasteiger partial charge on any atom is -0.383 e. The number of ether oxygens (including phenoxy) is 1. The molecule has 0 bridgehead atoms. The van der Waals surface area contributed by atoms with Gasteiger partial charge in [-0.2, -0.15) is 5.10 Å². The summed E-state index contributed by atoms with van der Waals surface area (Å²) in [7, 11) is 1.60. The Balaban J connectivity index is 2.54. The van der Waals surface area contributed by atoms with E-state index in [2.05, 4.69) is 5.10 Å². The van der Waals surface area contributed by atoms with Crippen LogP contribution in [-0.2, 0) is 11.3 Å². The van der Waals surface area contributed by atoms with E-state index < -0.39 is 5.24 Å². The molecule has 0 N–H and O–H groups in total. The van der Waals surface area contributed by atoms with Gasteiger partial charge < -0.3 is 4.74 Å². The number of rotatable bonds is 4. The van der Waals surface area contributed by atoms with Crippen molar-refractivity contribution in [1.82, 2.24) is 9.78 Å². The number of benzene rings is 1. The molecule has 0 fully saturated rings. The van der Waals surface area contributed by atoms with Gasteiger partial charge in [0.05, 0.1) is 18.7 Å². The quantitative estimate of drug-likeness (QED) is 0.766. The third-order valence-corrected chi connectivity index (χ3v) is 2.52. The van der Waals surface area contributed by atoms with Crippen LogP contribution in [0.2, 0.25) is 0 Å². The SMILES string of the molecule is COCCn1nc2ccccc2c1C(=O)Cl. The van der Waals surface area contributed by atoms with Gasteiger partial charge >= 0.3 is 0 Å². The summed E-state index contributed by atoms with van der Waals surface area (Å²) in [6.45, 7) is 1.00. The highest BCUT2D eigenvalue weighted by molar-refractivity contribution is 6.68. The van der Waals surface area contributed by atoms with E-state index in [1.165, 1.54) is 0 Å². The first-order chi connectivity index (χ1) is 7.74. The van der Waals surface area contributed by atoms with E-state index in [-0.39, 0.29) is 0 Å². The first-order valence-electron chi connectivity index (χ1n) is 4.88. The number of hydrogen-bond acceptors (Lipinski definition) is 3. The van der Waals surface area contributed by atoms with Crippen molar-refractivity contribution in [2.75, 3.05) is 13.7 Å². The highest BCUT2D eigenvalue weighted by Crippen LogP contribution is 2.19. The molecule has 0 saturated heterocycles. The minimum absolute atomic E-state index is 0.425. The van der Waals surface area contributed by atoms with Crippen molar-refractivity contribution in [3.8, 4) is 0 Å². The van der Waals surface area contributed by atoms with Gasteiger partial charge in [-0.15, -0.1) is 0 Å². The van der Waals surface area contributed by atoms with Gasteiger partial charge in [0.1, 0.15) is 5.69 Å². The first-order valence-corrected chi connectivity index (χ1v) is 5.26. The van der Waals surface area contributed by atoms with Crippen LogP contribution in [0.5, 0.6) is 0 Å². The maximum Gasteiger partial charge on any atom is 0.271 e. The smallest absolute Gasteiger partial charge is 0.271 e. The molecule has 1 heterocycles. The van der Waals surface area contributed by atoms with Crippen molar-refractivity contribution in [2.45, 2.75) is 6.54 Å². The molecule has 2 rings (SSSR count). The predicted octanol–water partition coefficient (Wildman–Crippen LogP) is 2.06. The summed E-state index contributed by atoms with van der Waals surface area (Å²) < 4.78 is 6.55. The van der Waals surface area contributed by atoms with Crippen molar-refractivity contribution < 1.29 is 9.53 Å². The van der Waals surface area contributed by atoms with Crippen molar-refractivity contribution >= 4 is 27.7 Å². The Morgan fingerprint density at radius 2 is 2.25 bits per heavy atom. The van der Waals surface area contributed by atoms with E-state index in [9.17, 15) is 4.79 Å². The second-order valence-electron chi connectivity index (χ2n) is 3.36. The molecule has 0 unspecified atom stereocenters. The number of carbonyl (C=O) groups is 1. The van der Waals surface area contributed by atoms with Gasteiger partial charge in [-0.25, -0.2) is 0 Å². The van der Waals surface area contributed by atoms with Crippen molar-refractivity contribution in [3.63, 3.8) is 0 Å². The van der Waals surface area contributed by atoms with Crippen LogP contribution < -0.4 is 0 Å². The molecule has 4 nitrogen and oxygen atoms in total. The van der Waals surface area contributed by atoms with Crippen LogP contribution in [0.4, 0.5) is 0 Å². The number of aromatic nitrogens is 2. The monoisotopic (exact) mass is 238 g/mol. The summed E-state index contributed by atoms with van der Waals surface area (Å²) in [6.07, 6.45) is 0. The Hall–Kier alpha value is -1.39. The average molecular weight is 239 g/mol. The predicted molar refractivity (Wildman–Crippen MR) is 61.8 cm³/mol. The van der Waals surface area contributed by atoms with E-state index in [0.29, 0.717) is 18.8 Å². The third kappa shape index (κ3) is 1.94. The first kappa shape index (κ1) is 11.1. The molecule has 0 spiro atoms. The van der Waals surface area contributed by atoms with E-state index in [0.717, 1.165) is 10.9 Å². The number of nitrogens with zero attached hydrogens (tertiary/aromatic N) is 2. The van der Waals surface area contributed by atoms with Crippen LogP contribution in [0, 0.1) is 0 Å². The zero-order valence-corrected chi connectivity index (χ0v) is 9.57. The molecule has 16 heavy (non-hydrogen) atoms. The molecule has 0 saturated carbocycles. The van der Waals surface area contributed by atoms with Crippen LogP contribution >= 0.6 is 11.6 Å². The van der Waals surface area contributed by atoms with Crippen molar-refractivity contribution in [2.24, 2.45) is 0 Å². The summed E-state index contributed by atoms with van der Waals surface area (Å²) in [6, 6.07) is 7.41. The lowest BCUT2D eigenvalue weighted by Crippen LogP contribution is -2.11. The lowest BCUT2D eigenvalue weighted by Gasteiger charge is -2.02. The normalized spacial score (nSPS) is 10.9. The van der Waals surface area contributed by atoms with E-state index >= 15 is 0 Å². The molecule has 0 aliphatic carbocycles. The second-order valence-corrected chi connectivity index (χ2v) is 3.70. The number of carbonyl (C=O) groups excluding carboxylic acids is 1. The van der Waals surface area contributed by atoms with E-state index in [4.69, 9.17) is 16.3 Å². The molecule has 0 amide bonds. The number of fused-ring (bicyclic) bond motifs is 1. The summed E-state index contributed by atoms with van der Waals surface area (Å²) in [5.74, 6) is 0. The molecule has 2 aromatic rings. The molecule has 5 heteroatoms. The maximum atomic E-state index is 11.4. The summed E-state index contributed by atoms with van der Waals surface area (Å²) in [5.41, 5.74) is 1.19. The second kappa shape index (κ2) is 4.63. The number of hydrogen-bond donors (Lipinski definition) is 0. The zero-order valence-electron chi connectivity index (χ0n) is 8.81. The minimum atomic E-state index is -0.496. The number of methoxy groups -OCH3 is 1. The zero-order chi connectivity index (χ0) is 11.5. The van der Waals surface area contributed by atoms with Gasteiger partial charge in [-0.1, -0.05) is 18.2 Å². The summed E-state index contributed by atoms with van der Waals surface area (Å²) >= 11 is 5.57. The highest BCUT2D eigenvalue weighted by atomic mass is 35.5. The Morgan fingerprint density at radius 1 is 1.50 bits per heavy atom. The third-order valence-electron chi connectivity index (χ3n) is 2.34. The Labute approximate surface area is 97.8 Å². The Morgan fingerprint density at radius 3 is 2.94 bits per heavy atom. The van der Waals surface area contributed by atoms with Gasteiger partial charge in [-0.3, -0.25) is 9.48 Å². The van der Waals surface area contributed by atoms with Gasteiger partial charge in [0.25, 0.3) is 5.24 Å². The van der Waals surface area contributed by atoms with Crippen molar-refractivity contribution in [3.05, 3.63) is 30.0 Å². The molecule has 0 aliphatic heterocycles. The molecular weight excluding hydrogens is 228 g/mol. The van der Waals surface area contributed by atoms with Crippen LogP contribution in [0.3, 0.4) is 0 Å². The highest BCUT2D eigenvalue weighted by Gasteiger charge is 2.15. The fourth-order valence-corrected chi connectivity index (χ4v) is 1.83. The summed E-state index contributed by atoms with van der Waals surface area (Å²) in [5, 5.41) is 4.58. The molecule has 0 radical (unpaired) electrons. The van der Waals surface area contributed by atoms with Crippen LogP contribution in [0.25, 0.3) is 10.9 Å². The molecule has 84 valence electrons. The van der Waals surface area contributed by atoms with Gasteiger partial charge in [0, 0.05) is 12.5 Å². The van der Waals surface area contributed by atoms with Gasteiger partial charge in [-0.05, 0) is 17.7 Å². The lowest BCUT2D eigenvalue weighted by atomic mass is 10.2.